The Labute approximate surface area is 85.5 Å². The summed E-state index contributed by atoms with van der Waals surface area (Å²) in [6.07, 6.45) is 1.94. The van der Waals surface area contributed by atoms with Crippen molar-refractivity contribution in [3.05, 3.63) is 0 Å². The first-order chi connectivity index (χ1) is 6.08. The largest absolute Gasteiger partial charge is 0.393 e. The lowest BCUT2D eigenvalue weighted by molar-refractivity contribution is 0.168. The SMILES string of the molecule is CC(O)CC(C)NC1CSC(C)C1. The van der Waals surface area contributed by atoms with E-state index in [4.69, 9.17) is 0 Å². The molecule has 0 saturated carbocycles. The van der Waals surface area contributed by atoms with Crippen LogP contribution in [0.5, 0.6) is 0 Å². The average molecular weight is 203 g/mol. The normalized spacial score (nSPS) is 33.2. The van der Waals surface area contributed by atoms with E-state index in [0.29, 0.717) is 12.1 Å². The van der Waals surface area contributed by atoms with Crippen LogP contribution in [0.1, 0.15) is 33.6 Å². The van der Waals surface area contributed by atoms with Crippen LogP contribution in [0, 0.1) is 0 Å². The third kappa shape index (κ3) is 4.34. The monoisotopic (exact) mass is 203 g/mol. The molecular weight excluding hydrogens is 182 g/mol. The third-order valence-electron chi connectivity index (χ3n) is 2.41. The summed E-state index contributed by atoms with van der Waals surface area (Å²) in [5.74, 6) is 1.23. The summed E-state index contributed by atoms with van der Waals surface area (Å²) in [5, 5.41) is 13.6. The first kappa shape index (κ1) is 11.3. The minimum absolute atomic E-state index is 0.186. The van der Waals surface area contributed by atoms with Crippen LogP contribution in [-0.2, 0) is 0 Å². The second kappa shape index (κ2) is 5.23. The Morgan fingerprint density at radius 2 is 2.23 bits per heavy atom. The third-order valence-corrected chi connectivity index (χ3v) is 3.77. The van der Waals surface area contributed by atoms with Gasteiger partial charge in [0, 0.05) is 23.1 Å². The van der Waals surface area contributed by atoms with Crippen molar-refractivity contribution in [1.82, 2.24) is 5.32 Å². The van der Waals surface area contributed by atoms with Crippen LogP contribution in [0.4, 0.5) is 0 Å². The highest BCUT2D eigenvalue weighted by molar-refractivity contribution is 8.00. The fraction of sp³-hybridized carbons (Fsp3) is 1.00. The molecule has 1 rings (SSSR count). The smallest absolute Gasteiger partial charge is 0.0526 e. The number of aliphatic hydroxyl groups is 1. The number of hydrogen-bond donors (Lipinski definition) is 2. The van der Waals surface area contributed by atoms with E-state index in [1.54, 1.807) is 0 Å². The minimum atomic E-state index is -0.186. The predicted octanol–water partition coefficient (Wildman–Crippen LogP) is 1.63. The first-order valence-corrected chi connectivity index (χ1v) is 6.18. The van der Waals surface area contributed by atoms with E-state index in [1.165, 1.54) is 12.2 Å². The maximum atomic E-state index is 9.20. The fourth-order valence-corrected chi connectivity index (χ4v) is 3.08. The molecule has 0 bridgehead atoms. The van der Waals surface area contributed by atoms with E-state index < -0.39 is 0 Å². The van der Waals surface area contributed by atoms with E-state index in [2.05, 4.69) is 19.2 Å². The molecule has 0 aliphatic carbocycles. The molecular formula is C10H21NOS. The first-order valence-electron chi connectivity index (χ1n) is 5.13. The zero-order valence-corrected chi connectivity index (χ0v) is 9.60. The molecule has 1 aliphatic rings. The Balaban J connectivity index is 2.16. The molecule has 4 unspecified atom stereocenters. The van der Waals surface area contributed by atoms with Gasteiger partial charge in [-0.1, -0.05) is 6.92 Å². The van der Waals surface area contributed by atoms with Crippen molar-refractivity contribution >= 4 is 11.8 Å². The van der Waals surface area contributed by atoms with E-state index in [0.717, 1.165) is 11.7 Å². The van der Waals surface area contributed by atoms with Gasteiger partial charge in [0.05, 0.1) is 6.10 Å². The maximum absolute atomic E-state index is 9.20. The summed E-state index contributed by atoms with van der Waals surface area (Å²) in [4.78, 5) is 0. The van der Waals surface area contributed by atoms with Crippen LogP contribution >= 0.6 is 11.8 Å². The second-order valence-corrected chi connectivity index (χ2v) is 5.70. The van der Waals surface area contributed by atoms with Crippen LogP contribution in [0.15, 0.2) is 0 Å². The zero-order chi connectivity index (χ0) is 9.84. The zero-order valence-electron chi connectivity index (χ0n) is 8.79. The van der Waals surface area contributed by atoms with Gasteiger partial charge in [0.1, 0.15) is 0 Å². The van der Waals surface area contributed by atoms with Gasteiger partial charge in [-0.2, -0.15) is 11.8 Å². The standard InChI is InChI=1S/C10H21NOS/c1-7(4-8(2)12)11-10-5-9(3)13-6-10/h7-12H,4-6H2,1-3H3. The molecule has 78 valence electrons. The summed E-state index contributed by atoms with van der Waals surface area (Å²) in [6.45, 7) is 6.29. The number of rotatable bonds is 4. The lowest BCUT2D eigenvalue weighted by Gasteiger charge is -2.19. The molecule has 1 saturated heterocycles. The fourth-order valence-electron chi connectivity index (χ4n) is 1.92. The highest BCUT2D eigenvalue weighted by Crippen LogP contribution is 2.26. The molecule has 2 nitrogen and oxygen atoms in total. The van der Waals surface area contributed by atoms with Crippen molar-refractivity contribution in [1.29, 1.82) is 0 Å². The summed E-state index contributed by atoms with van der Waals surface area (Å²) in [7, 11) is 0. The van der Waals surface area contributed by atoms with Crippen LogP contribution in [0.3, 0.4) is 0 Å². The highest BCUT2D eigenvalue weighted by Gasteiger charge is 2.22. The number of aliphatic hydroxyl groups excluding tert-OH is 1. The molecule has 0 aromatic rings. The highest BCUT2D eigenvalue weighted by atomic mass is 32.2. The Bertz CT molecular complexity index is 152. The van der Waals surface area contributed by atoms with Gasteiger partial charge in [0.15, 0.2) is 0 Å². The Morgan fingerprint density at radius 1 is 1.54 bits per heavy atom. The van der Waals surface area contributed by atoms with Crippen molar-refractivity contribution in [2.75, 3.05) is 5.75 Å². The van der Waals surface area contributed by atoms with Gasteiger partial charge < -0.3 is 10.4 Å². The van der Waals surface area contributed by atoms with Crippen molar-refractivity contribution in [2.45, 2.75) is 57.1 Å². The van der Waals surface area contributed by atoms with Gasteiger partial charge in [-0.15, -0.1) is 0 Å². The molecule has 4 atom stereocenters. The molecule has 3 heteroatoms. The van der Waals surface area contributed by atoms with Gasteiger partial charge in [0.2, 0.25) is 0 Å². The van der Waals surface area contributed by atoms with E-state index in [1.807, 2.05) is 18.7 Å². The summed E-state index contributed by atoms with van der Waals surface area (Å²) >= 11 is 2.04. The summed E-state index contributed by atoms with van der Waals surface area (Å²) < 4.78 is 0. The van der Waals surface area contributed by atoms with Crippen LogP contribution in [0.2, 0.25) is 0 Å². The predicted molar refractivity (Wildman–Crippen MR) is 59.2 cm³/mol. The molecule has 0 aromatic heterocycles. The molecule has 1 aliphatic heterocycles. The van der Waals surface area contributed by atoms with Gasteiger partial charge in [-0.3, -0.25) is 0 Å². The second-order valence-electron chi connectivity index (χ2n) is 4.23. The van der Waals surface area contributed by atoms with E-state index in [-0.39, 0.29) is 6.10 Å². The lowest BCUT2D eigenvalue weighted by atomic mass is 10.1. The van der Waals surface area contributed by atoms with Crippen LogP contribution in [0.25, 0.3) is 0 Å². The van der Waals surface area contributed by atoms with Crippen molar-refractivity contribution < 1.29 is 5.11 Å². The minimum Gasteiger partial charge on any atom is -0.393 e. The van der Waals surface area contributed by atoms with Gasteiger partial charge in [-0.25, -0.2) is 0 Å². The molecule has 0 aromatic carbocycles. The number of hydrogen-bond acceptors (Lipinski definition) is 3. The maximum Gasteiger partial charge on any atom is 0.0526 e. The number of nitrogens with one attached hydrogen (secondary N) is 1. The molecule has 1 heterocycles. The van der Waals surface area contributed by atoms with Gasteiger partial charge >= 0.3 is 0 Å². The Morgan fingerprint density at radius 3 is 2.69 bits per heavy atom. The topological polar surface area (TPSA) is 32.3 Å². The number of thioether (sulfide) groups is 1. The van der Waals surface area contributed by atoms with Crippen molar-refractivity contribution in [2.24, 2.45) is 0 Å². The van der Waals surface area contributed by atoms with Crippen molar-refractivity contribution in [3.8, 4) is 0 Å². The molecule has 1 fully saturated rings. The van der Waals surface area contributed by atoms with E-state index >= 15 is 0 Å². The molecule has 13 heavy (non-hydrogen) atoms. The molecule has 0 amide bonds. The van der Waals surface area contributed by atoms with Crippen molar-refractivity contribution in [3.63, 3.8) is 0 Å². The quantitative estimate of drug-likeness (QED) is 0.728. The van der Waals surface area contributed by atoms with Crippen LogP contribution in [-0.4, -0.2) is 34.3 Å². The average Bonchev–Trinajstić information content (AvgIpc) is 2.33. The van der Waals surface area contributed by atoms with E-state index in [9.17, 15) is 5.11 Å². The molecule has 2 N–H and O–H groups in total. The Hall–Kier alpha value is 0.270. The summed E-state index contributed by atoms with van der Waals surface area (Å²) in [5.41, 5.74) is 0. The Kier molecular flexibility index (Phi) is 4.56. The van der Waals surface area contributed by atoms with Gasteiger partial charge in [-0.05, 0) is 26.7 Å². The lowest BCUT2D eigenvalue weighted by Crippen LogP contribution is -2.38. The molecule has 0 spiro atoms. The summed E-state index contributed by atoms with van der Waals surface area (Å²) in [6, 6.07) is 1.10. The molecule has 0 radical (unpaired) electrons. The van der Waals surface area contributed by atoms with Gasteiger partial charge in [0.25, 0.3) is 0 Å². The van der Waals surface area contributed by atoms with Crippen LogP contribution < -0.4 is 5.32 Å².